The molecule has 0 unspecified atom stereocenters. The van der Waals surface area contributed by atoms with Crippen LogP contribution >= 0.6 is 0 Å². The van der Waals surface area contributed by atoms with Gasteiger partial charge in [0, 0.05) is 12.1 Å². The highest BCUT2D eigenvalue weighted by Crippen LogP contribution is 2.35. The number of hydrogen-bond acceptors (Lipinski definition) is 5. The molecule has 0 saturated heterocycles. The van der Waals surface area contributed by atoms with Crippen molar-refractivity contribution in [1.29, 1.82) is 0 Å². The van der Waals surface area contributed by atoms with Crippen LogP contribution < -0.4 is 19.9 Å². The number of anilines is 2. The Balaban J connectivity index is 2.16. The molecule has 1 aromatic rings. The van der Waals surface area contributed by atoms with Crippen molar-refractivity contribution in [1.82, 2.24) is 0 Å². The van der Waals surface area contributed by atoms with Crippen molar-refractivity contribution in [2.24, 2.45) is 0 Å². The Hall–Kier alpha value is -1.63. The lowest BCUT2D eigenvalue weighted by Crippen LogP contribution is -2.17. The molecule has 0 saturated carbocycles. The van der Waals surface area contributed by atoms with Crippen molar-refractivity contribution in [3.05, 3.63) is 12.1 Å². The van der Waals surface area contributed by atoms with Gasteiger partial charge in [0.2, 0.25) is 10.0 Å². The molecule has 1 rings (SSSR count). The van der Waals surface area contributed by atoms with Crippen molar-refractivity contribution >= 4 is 21.4 Å². The van der Waals surface area contributed by atoms with Gasteiger partial charge < -0.3 is 15.2 Å². The third-order valence-electron chi connectivity index (χ3n) is 5.58. The summed E-state index contributed by atoms with van der Waals surface area (Å²) in [4.78, 5) is 0. The molecule has 3 N–H and O–H groups in total. The second-order valence-electron chi connectivity index (χ2n) is 8.31. The van der Waals surface area contributed by atoms with Crippen LogP contribution in [0.5, 0.6) is 11.5 Å². The average Bonchev–Trinajstić information content (AvgIpc) is 2.74. The molecule has 31 heavy (non-hydrogen) atoms. The van der Waals surface area contributed by atoms with Gasteiger partial charge in [-0.3, -0.25) is 4.72 Å². The van der Waals surface area contributed by atoms with E-state index in [2.05, 4.69) is 11.6 Å². The fraction of sp³-hybridized carbons (Fsp3) is 0.750. The van der Waals surface area contributed by atoms with Crippen LogP contribution in [-0.2, 0) is 10.0 Å². The third kappa shape index (κ3) is 12.1. The summed E-state index contributed by atoms with van der Waals surface area (Å²) in [5.41, 5.74) is 6.60. The number of nitrogens with two attached hydrogens (primary N) is 1. The molecule has 0 aromatic heterocycles. The summed E-state index contributed by atoms with van der Waals surface area (Å²) in [6, 6.07) is 3.11. The molecule has 1 aromatic carbocycles. The number of nitrogen functional groups attached to an aromatic ring is 1. The molecule has 0 aliphatic rings. The van der Waals surface area contributed by atoms with E-state index in [0.29, 0.717) is 29.3 Å². The maximum Gasteiger partial charge on any atom is 0.232 e. The van der Waals surface area contributed by atoms with Crippen molar-refractivity contribution in [2.45, 2.75) is 96.8 Å². The summed E-state index contributed by atoms with van der Waals surface area (Å²) in [7, 11) is -0.478. The van der Waals surface area contributed by atoms with Crippen molar-refractivity contribution in [3.63, 3.8) is 0 Å². The zero-order chi connectivity index (χ0) is 23.0. The number of methoxy groups -OCH3 is 2. The molecule has 6 nitrogen and oxygen atoms in total. The van der Waals surface area contributed by atoms with Crippen LogP contribution in [0.1, 0.15) is 96.8 Å². The monoisotopic (exact) mass is 456 g/mol. The van der Waals surface area contributed by atoms with Crippen LogP contribution in [0, 0.1) is 0 Å². The zero-order valence-corrected chi connectivity index (χ0v) is 20.7. The van der Waals surface area contributed by atoms with Crippen LogP contribution in [0.25, 0.3) is 0 Å². The topological polar surface area (TPSA) is 90.7 Å². The SMILES string of the molecule is CCCCCCCCCCCCCCCCS(=O)(=O)Nc1cc(OC)c(N)cc1OC. The van der Waals surface area contributed by atoms with Crippen LogP contribution in [0.2, 0.25) is 0 Å². The lowest BCUT2D eigenvalue weighted by Gasteiger charge is -2.14. The molecule has 0 spiro atoms. The first-order valence-corrected chi connectivity index (χ1v) is 13.6. The van der Waals surface area contributed by atoms with Gasteiger partial charge in [0.1, 0.15) is 11.5 Å². The van der Waals surface area contributed by atoms with Gasteiger partial charge in [-0.15, -0.1) is 0 Å². The molecule has 0 fully saturated rings. The number of benzene rings is 1. The van der Waals surface area contributed by atoms with Gasteiger partial charge in [0.05, 0.1) is 31.3 Å². The van der Waals surface area contributed by atoms with Gasteiger partial charge in [-0.05, 0) is 6.42 Å². The fourth-order valence-corrected chi connectivity index (χ4v) is 4.89. The van der Waals surface area contributed by atoms with E-state index in [4.69, 9.17) is 15.2 Å². The van der Waals surface area contributed by atoms with E-state index in [0.717, 1.165) is 12.8 Å². The Morgan fingerprint density at radius 1 is 0.742 bits per heavy atom. The Labute approximate surface area is 190 Å². The maximum absolute atomic E-state index is 12.4. The zero-order valence-electron chi connectivity index (χ0n) is 19.9. The first-order chi connectivity index (χ1) is 14.9. The number of sulfonamides is 1. The molecule has 0 atom stereocenters. The van der Waals surface area contributed by atoms with Gasteiger partial charge >= 0.3 is 0 Å². The number of rotatable bonds is 19. The minimum absolute atomic E-state index is 0.0981. The lowest BCUT2D eigenvalue weighted by molar-refractivity contribution is 0.406. The standard InChI is InChI=1S/C24H44N2O4S/c1-4-5-6-7-8-9-10-11-12-13-14-15-16-17-18-31(27,28)26-22-20-23(29-2)21(25)19-24(22)30-3/h19-20,26H,4-18,25H2,1-3H3. The van der Waals surface area contributed by atoms with E-state index in [1.165, 1.54) is 84.8 Å². The minimum Gasteiger partial charge on any atom is -0.495 e. The molecule has 0 heterocycles. The molecule has 7 heteroatoms. The minimum atomic E-state index is -3.45. The van der Waals surface area contributed by atoms with Gasteiger partial charge in [-0.1, -0.05) is 90.4 Å². The maximum atomic E-state index is 12.4. The van der Waals surface area contributed by atoms with E-state index in [9.17, 15) is 8.42 Å². The molecular weight excluding hydrogens is 412 g/mol. The smallest absolute Gasteiger partial charge is 0.232 e. The Bertz CT molecular complexity index is 708. The number of nitrogens with one attached hydrogen (secondary N) is 1. The Kier molecular flexibility index (Phi) is 14.2. The van der Waals surface area contributed by atoms with Crippen LogP contribution in [0.4, 0.5) is 11.4 Å². The molecule has 0 bridgehead atoms. The Morgan fingerprint density at radius 3 is 1.65 bits per heavy atom. The van der Waals surface area contributed by atoms with Crippen LogP contribution in [0.15, 0.2) is 12.1 Å². The first kappa shape index (κ1) is 27.4. The van der Waals surface area contributed by atoms with E-state index in [1.807, 2.05) is 0 Å². The number of hydrogen-bond donors (Lipinski definition) is 2. The third-order valence-corrected chi connectivity index (χ3v) is 6.94. The van der Waals surface area contributed by atoms with Crippen molar-refractivity contribution in [3.8, 4) is 11.5 Å². The summed E-state index contributed by atoms with van der Waals surface area (Å²) in [6.07, 6.45) is 17.3. The molecule has 180 valence electrons. The van der Waals surface area contributed by atoms with Crippen LogP contribution in [0.3, 0.4) is 0 Å². The van der Waals surface area contributed by atoms with Crippen molar-refractivity contribution < 1.29 is 17.9 Å². The second kappa shape index (κ2) is 16.1. The van der Waals surface area contributed by atoms with E-state index < -0.39 is 10.0 Å². The second-order valence-corrected chi connectivity index (χ2v) is 10.2. The van der Waals surface area contributed by atoms with Crippen molar-refractivity contribution in [2.75, 3.05) is 30.4 Å². The highest BCUT2D eigenvalue weighted by Gasteiger charge is 2.16. The van der Waals surface area contributed by atoms with Crippen LogP contribution in [-0.4, -0.2) is 28.4 Å². The molecule has 0 aliphatic carbocycles. The Morgan fingerprint density at radius 2 is 1.19 bits per heavy atom. The van der Waals surface area contributed by atoms with Gasteiger partial charge in [0.25, 0.3) is 0 Å². The summed E-state index contributed by atoms with van der Waals surface area (Å²) in [6.45, 7) is 2.26. The summed E-state index contributed by atoms with van der Waals surface area (Å²) < 4.78 is 37.9. The predicted molar refractivity (Wildman–Crippen MR) is 132 cm³/mol. The first-order valence-electron chi connectivity index (χ1n) is 12.0. The predicted octanol–water partition coefficient (Wildman–Crippen LogP) is 6.51. The van der Waals surface area contributed by atoms with E-state index in [-0.39, 0.29) is 5.75 Å². The quantitative estimate of drug-likeness (QED) is 0.183. The van der Waals surface area contributed by atoms with Gasteiger partial charge in [-0.25, -0.2) is 8.42 Å². The molecule has 0 radical (unpaired) electrons. The fourth-order valence-electron chi connectivity index (χ4n) is 3.71. The molecule has 0 aliphatic heterocycles. The summed E-state index contributed by atoms with van der Waals surface area (Å²) >= 11 is 0. The highest BCUT2D eigenvalue weighted by molar-refractivity contribution is 7.92. The molecule has 0 amide bonds. The number of unbranched alkanes of at least 4 members (excludes halogenated alkanes) is 13. The molecular formula is C24H44N2O4S. The van der Waals surface area contributed by atoms with Gasteiger partial charge in [0.15, 0.2) is 0 Å². The normalized spacial score (nSPS) is 11.5. The van der Waals surface area contributed by atoms with E-state index in [1.54, 1.807) is 12.1 Å². The highest BCUT2D eigenvalue weighted by atomic mass is 32.2. The summed E-state index contributed by atoms with van der Waals surface area (Å²) in [5.74, 6) is 0.888. The average molecular weight is 457 g/mol. The van der Waals surface area contributed by atoms with Gasteiger partial charge in [-0.2, -0.15) is 0 Å². The lowest BCUT2D eigenvalue weighted by atomic mass is 10.0. The summed E-state index contributed by atoms with van der Waals surface area (Å²) in [5, 5.41) is 0. The van der Waals surface area contributed by atoms with E-state index >= 15 is 0 Å². The largest absolute Gasteiger partial charge is 0.495 e. The number of ether oxygens (including phenoxy) is 2.